The van der Waals surface area contributed by atoms with E-state index in [1.807, 2.05) is 21.0 Å². The zero-order valence-corrected chi connectivity index (χ0v) is 8.38. The van der Waals surface area contributed by atoms with E-state index < -0.39 is 0 Å². The Hall–Kier alpha value is 0.650. The molecule has 0 aromatic carbocycles. The highest BCUT2D eigenvalue weighted by Crippen LogP contribution is 1.98. The van der Waals surface area contributed by atoms with E-state index in [-0.39, 0.29) is 0 Å². The van der Waals surface area contributed by atoms with E-state index in [0.717, 1.165) is 13.2 Å². The number of alkyl halides is 1. The Balaban J connectivity index is 2.91. The molecule has 0 saturated heterocycles. The van der Waals surface area contributed by atoms with E-state index in [2.05, 4.69) is 27.5 Å². The third-order valence-electron chi connectivity index (χ3n) is 0.886. The highest BCUT2D eigenvalue weighted by molar-refractivity contribution is 14.1. The van der Waals surface area contributed by atoms with Gasteiger partial charge in [0.25, 0.3) is 0 Å². The van der Waals surface area contributed by atoms with Crippen molar-refractivity contribution in [3.63, 3.8) is 0 Å². The van der Waals surface area contributed by atoms with Gasteiger partial charge in [-0.25, -0.2) is 0 Å². The minimum Gasteiger partial charge on any atom is -0.367 e. The summed E-state index contributed by atoms with van der Waals surface area (Å²) in [7, 11) is 4.09. The molecular weight excluding hydrogens is 229 g/mol. The van der Waals surface area contributed by atoms with E-state index in [4.69, 9.17) is 4.74 Å². The molecule has 0 fully saturated rings. The molecule has 0 aromatic heterocycles. The van der Waals surface area contributed by atoms with Gasteiger partial charge in [0.1, 0.15) is 4.11 Å². The van der Waals surface area contributed by atoms with Crippen LogP contribution < -0.4 is 0 Å². The second kappa shape index (κ2) is 5.44. The molecule has 56 valence electrons. The first kappa shape index (κ1) is 9.65. The highest BCUT2D eigenvalue weighted by atomic mass is 127. The van der Waals surface area contributed by atoms with Crippen molar-refractivity contribution in [3.8, 4) is 0 Å². The van der Waals surface area contributed by atoms with Crippen molar-refractivity contribution < 1.29 is 4.74 Å². The van der Waals surface area contributed by atoms with Crippen molar-refractivity contribution in [2.45, 2.75) is 11.0 Å². The van der Waals surface area contributed by atoms with Gasteiger partial charge in [0.15, 0.2) is 0 Å². The summed E-state index contributed by atoms with van der Waals surface area (Å²) in [6.45, 7) is 3.88. The first-order valence-electron chi connectivity index (χ1n) is 3.03. The molecule has 0 heterocycles. The largest absolute Gasteiger partial charge is 0.367 e. The van der Waals surface area contributed by atoms with E-state index in [0.29, 0.717) is 4.11 Å². The van der Waals surface area contributed by atoms with Crippen molar-refractivity contribution in [2.24, 2.45) is 0 Å². The smallest absolute Gasteiger partial charge is 0.106 e. The topological polar surface area (TPSA) is 12.5 Å². The lowest BCUT2D eigenvalue weighted by Gasteiger charge is -2.10. The first-order valence-corrected chi connectivity index (χ1v) is 4.28. The van der Waals surface area contributed by atoms with Crippen LogP contribution in [-0.2, 0) is 4.74 Å². The number of ether oxygens (including phenoxy) is 1. The van der Waals surface area contributed by atoms with Gasteiger partial charge >= 0.3 is 0 Å². The Morgan fingerprint density at radius 2 is 2.11 bits per heavy atom. The normalized spacial score (nSPS) is 14.3. The van der Waals surface area contributed by atoms with E-state index in [9.17, 15) is 0 Å². The van der Waals surface area contributed by atoms with Gasteiger partial charge < -0.3 is 9.64 Å². The third-order valence-corrected chi connectivity index (χ3v) is 1.25. The molecule has 0 aromatic rings. The van der Waals surface area contributed by atoms with E-state index in [1.165, 1.54) is 0 Å². The molecule has 1 unspecified atom stereocenters. The van der Waals surface area contributed by atoms with Gasteiger partial charge in [0, 0.05) is 6.54 Å². The Morgan fingerprint density at radius 1 is 1.56 bits per heavy atom. The standard InChI is InChI=1S/C6H14INO/c1-6(7)9-5-4-8(2)3/h6H,4-5H2,1-3H3. The fourth-order valence-electron chi connectivity index (χ4n) is 0.398. The molecule has 0 radical (unpaired) electrons. The van der Waals surface area contributed by atoms with Crippen LogP contribution in [0.2, 0.25) is 0 Å². The molecule has 0 bridgehead atoms. The number of likely N-dealkylation sites (N-methyl/N-ethyl adjacent to an activating group) is 1. The van der Waals surface area contributed by atoms with Crippen LogP contribution in [0.25, 0.3) is 0 Å². The number of rotatable bonds is 4. The number of halogens is 1. The monoisotopic (exact) mass is 243 g/mol. The summed E-state index contributed by atoms with van der Waals surface area (Å²) in [6, 6.07) is 0. The molecule has 0 amide bonds. The summed E-state index contributed by atoms with van der Waals surface area (Å²) >= 11 is 2.25. The van der Waals surface area contributed by atoms with Crippen molar-refractivity contribution in [2.75, 3.05) is 27.2 Å². The van der Waals surface area contributed by atoms with Crippen LogP contribution in [-0.4, -0.2) is 36.3 Å². The van der Waals surface area contributed by atoms with Crippen molar-refractivity contribution in [1.29, 1.82) is 0 Å². The average Bonchev–Trinajstić information content (AvgIpc) is 1.63. The molecule has 3 heteroatoms. The van der Waals surface area contributed by atoms with Gasteiger partial charge in [0.05, 0.1) is 6.61 Å². The maximum atomic E-state index is 5.30. The van der Waals surface area contributed by atoms with Crippen LogP contribution in [0.15, 0.2) is 0 Å². The molecule has 0 saturated carbocycles. The molecule has 2 nitrogen and oxygen atoms in total. The second-order valence-corrected chi connectivity index (χ2v) is 3.97. The van der Waals surface area contributed by atoms with Gasteiger partial charge in [-0.2, -0.15) is 0 Å². The SMILES string of the molecule is CC(I)OCCN(C)C. The van der Waals surface area contributed by atoms with Crippen LogP contribution in [0.3, 0.4) is 0 Å². The van der Waals surface area contributed by atoms with Crippen LogP contribution in [0.4, 0.5) is 0 Å². The summed E-state index contributed by atoms with van der Waals surface area (Å²) in [5, 5.41) is 0. The fraction of sp³-hybridized carbons (Fsp3) is 1.00. The molecule has 0 aliphatic carbocycles. The first-order chi connectivity index (χ1) is 4.13. The molecule has 9 heavy (non-hydrogen) atoms. The summed E-state index contributed by atoms with van der Waals surface area (Å²) < 4.78 is 5.63. The zero-order valence-electron chi connectivity index (χ0n) is 6.22. The van der Waals surface area contributed by atoms with Crippen LogP contribution in [0.5, 0.6) is 0 Å². The van der Waals surface area contributed by atoms with Gasteiger partial charge in [-0.05, 0) is 21.0 Å². The van der Waals surface area contributed by atoms with Gasteiger partial charge in [-0.3, -0.25) is 0 Å². The fourth-order valence-corrected chi connectivity index (χ4v) is 0.652. The molecule has 0 rings (SSSR count). The lowest BCUT2D eigenvalue weighted by molar-refractivity contribution is 0.117. The number of hydrogen-bond donors (Lipinski definition) is 0. The summed E-state index contributed by atoms with van der Waals surface area (Å²) in [5.41, 5.74) is 0. The van der Waals surface area contributed by atoms with Crippen molar-refractivity contribution in [3.05, 3.63) is 0 Å². The minimum atomic E-state index is 0.336. The molecule has 0 spiro atoms. The second-order valence-electron chi connectivity index (χ2n) is 2.22. The molecule has 0 N–H and O–H groups in total. The lowest BCUT2D eigenvalue weighted by Crippen LogP contribution is -2.19. The van der Waals surface area contributed by atoms with Crippen LogP contribution in [0.1, 0.15) is 6.92 Å². The molecule has 1 atom stereocenters. The van der Waals surface area contributed by atoms with Crippen molar-refractivity contribution >= 4 is 22.6 Å². The lowest BCUT2D eigenvalue weighted by atomic mass is 10.6. The highest BCUT2D eigenvalue weighted by Gasteiger charge is 1.93. The predicted octanol–water partition coefficient (Wildman–Crippen LogP) is 1.35. The molecule has 0 aliphatic heterocycles. The van der Waals surface area contributed by atoms with Crippen LogP contribution in [0, 0.1) is 0 Å². The maximum Gasteiger partial charge on any atom is 0.106 e. The summed E-state index contributed by atoms with van der Waals surface area (Å²) in [6.07, 6.45) is 0. The zero-order chi connectivity index (χ0) is 7.28. The Kier molecular flexibility index (Phi) is 5.83. The van der Waals surface area contributed by atoms with E-state index >= 15 is 0 Å². The van der Waals surface area contributed by atoms with Gasteiger partial charge in [-0.15, -0.1) is 0 Å². The van der Waals surface area contributed by atoms with Crippen LogP contribution >= 0.6 is 22.6 Å². The quantitative estimate of drug-likeness (QED) is 0.545. The minimum absolute atomic E-state index is 0.336. The third kappa shape index (κ3) is 8.65. The average molecular weight is 243 g/mol. The van der Waals surface area contributed by atoms with Crippen molar-refractivity contribution in [1.82, 2.24) is 4.90 Å². The summed E-state index contributed by atoms with van der Waals surface area (Å²) in [5.74, 6) is 0. The number of nitrogens with zero attached hydrogens (tertiary/aromatic N) is 1. The Morgan fingerprint density at radius 3 is 2.44 bits per heavy atom. The molecule has 0 aliphatic rings. The Labute approximate surface area is 70.7 Å². The summed E-state index contributed by atoms with van der Waals surface area (Å²) in [4.78, 5) is 2.11. The predicted molar refractivity (Wildman–Crippen MR) is 48.0 cm³/mol. The maximum absolute atomic E-state index is 5.30. The van der Waals surface area contributed by atoms with Gasteiger partial charge in [0.2, 0.25) is 0 Å². The molecular formula is C6H14INO. The Bertz CT molecular complexity index is 58.1. The van der Waals surface area contributed by atoms with Gasteiger partial charge in [-0.1, -0.05) is 22.6 Å². The number of hydrogen-bond acceptors (Lipinski definition) is 2. The van der Waals surface area contributed by atoms with E-state index in [1.54, 1.807) is 0 Å².